The first-order chi connectivity index (χ1) is 12.1. The molecule has 1 amide bonds. The Balaban J connectivity index is 1.58. The van der Waals surface area contributed by atoms with Crippen molar-refractivity contribution < 1.29 is 13.9 Å². The normalized spacial score (nSPS) is 18.7. The van der Waals surface area contributed by atoms with Crippen LogP contribution in [-0.4, -0.2) is 52.1 Å². The molecule has 0 aliphatic carbocycles. The summed E-state index contributed by atoms with van der Waals surface area (Å²) in [5.41, 5.74) is 0. The fourth-order valence-electron chi connectivity index (χ4n) is 2.73. The highest BCUT2D eigenvalue weighted by Gasteiger charge is 2.21. The van der Waals surface area contributed by atoms with Gasteiger partial charge in [0, 0.05) is 50.0 Å². The lowest BCUT2D eigenvalue weighted by Crippen LogP contribution is -2.30. The number of thiazole rings is 1. The highest BCUT2D eigenvalue weighted by Crippen LogP contribution is 2.21. The van der Waals surface area contributed by atoms with Crippen LogP contribution >= 0.6 is 11.3 Å². The van der Waals surface area contributed by atoms with Gasteiger partial charge in [0.25, 0.3) is 0 Å². The number of nitrogens with zero attached hydrogens (tertiary/aromatic N) is 4. The SMILES string of the molecule is CC(=O)Nc1ncc(CN2CCOC[C@@H](Cc3ncc(F)cn3)C2)s1. The zero-order valence-corrected chi connectivity index (χ0v) is 14.8. The number of carbonyl (C=O) groups is 1. The Morgan fingerprint density at radius 1 is 1.40 bits per heavy atom. The van der Waals surface area contributed by atoms with Crippen molar-refractivity contribution in [2.75, 3.05) is 31.6 Å². The number of anilines is 1. The van der Waals surface area contributed by atoms with Gasteiger partial charge in [0.15, 0.2) is 10.9 Å². The van der Waals surface area contributed by atoms with Gasteiger partial charge >= 0.3 is 0 Å². The molecule has 1 fully saturated rings. The molecule has 9 heteroatoms. The minimum absolute atomic E-state index is 0.122. The zero-order chi connectivity index (χ0) is 17.6. The Kier molecular flexibility index (Phi) is 6.00. The lowest BCUT2D eigenvalue weighted by atomic mass is 10.1. The number of hydrogen-bond donors (Lipinski definition) is 1. The van der Waals surface area contributed by atoms with Gasteiger partial charge in [-0.1, -0.05) is 0 Å². The number of aromatic nitrogens is 3. The van der Waals surface area contributed by atoms with Gasteiger partial charge in [-0.25, -0.2) is 19.3 Å². The quantitative estimate of drug-likeness (QED) is 0.869. The number of halogens is 1. The van der Waals surface area contributed by atoms with Crippen LogP contribution in [0.3, 0.4) is 0 Å². The topological polar surface area (TPSA) is 80.2 Å². The molecule has 1 N–H and O–H groups in total. The van der Waals surface area contributed by atoms with E-state index in [1.807, 2.05) is 0 Å². The second-order valence-corrected chi connectivity index (χ2v) is 7.13. The third kappa shape index (κ3) is 5.52. The minimum atomic E-state index is -0.428. The van der Waals surface area contributed by atoms with Crippen LogP contribution < -0.4 is 5.32 Å². The molecule has 0 bridgehead atoms. The molecule has 0 unspecified atom stereocenters. The second kappa shape index (κ2) is 8.41. The lowest BCUT2D eigenvalue weighted by Gasteiger charge is -2.22. The molecule has 1 aliphatic rings. The van der Waals surface area contributed by atoms with Crippen LogP contribution in [0.5, 0.6) is 0 Å². The molecule has 1 atom stereocenters. The van der Waals surface area contributed by atoms with Crippen LogP contribution in [0.4, 0.5) is 9.52 Å². The molecule has 134 valence electrons. The van der Waals surface area contributed by atoms with E-state index < -0.39 is 5.82 Å². The van der Waals surface area contributed by atoms with Crippen molar-refractivity contribution in [3.63, 3.8) is 0 Å². The minimum Gasteiger partial charge on any atom is -0.380 e. The largest absolute Gasteiger partial charge is 0.380 e. The van der Waals surface area contributed by atoms with Crippen LogP contribution in [0.2, 0.25) is 0 Å². The molecule has 0 aromatic carbocycles. The third-order valence-corrected chi connectivity index (χ3v) is 4.68. The lowest BCUT2D eigenvalue weighted by molar-refractivity contribution is -0.114. The van der Waals surface area contributed by atoms with E-state index in [-0.39, 0.29) is 11.8 Å². The molecule has 3 heterocycles. The second-order valence-electron chi connectivity index (χ2n) is 6.01. The van der Waals surface area contributed by atoms with E-state index in [1.54, 1.807) is 6.20 Å². The van der Waals surface area contributed by atoms with Crippen molar-refractivity contribution >= 4 is 22.4 Å². The Bertz CT molecular complexity index is 709. The number of nitrogens with one attached hydrogen (secondary N) is 1. The van der Waals surface area contributed by atoms with E-state index >= 15 is 0 Å². The molecular weight excluding hydrogens is 345 g/mol. The fourth-order valence-corrected chi connectivity index (χ4v) is 3.63. The monoisotopic (exact) mass is 365 g/mol. The Morgan fingerprint density at radius 3 is 2.96 bits per heavy atom. The summed E-state index contributed by atoms with van der Waals surface area (Å²) >= 11 is 1.48. The van der Waals surface area contributed by atoms with E-state index in [0.717, 1.165) is 24.5 Å². The molecule has 3 rings (SSSR count). The summed E-state index contributed by atoms with van der Waals surface area (Å²) in [5.74, 6) is 0.323. The summed E-state index contributed by atoms with van der Waals surface area (Å²) in [6.07, 6.45) is 4.83. The van der Waals surface area contributed by atoms with E-state index in [2.05, 4.69) is 25.2 Å². The van der Waals surface area contributed by atoms with Crippen molar-refractivity contribution in [3.8, 4) is 0 Å². The summed E-state index contributed by atoms with van der Waals surface area (Å²) in [7, 11) is 0. The molecule has 7 nitrogen and oxygen atoms in total. The van der Waals surface area contributed by atoms with Crippen LogP contribution in [0.15, 0.2) is 18.6 Å². The Hall–Kier alpha value is -1.97. The zero-order valence-electron chi connectivity index (χ0n) is 13.9. The molecule has 1 aliphatic heterocycles. The molecule has 2 aromatic heterocycles. The number of hydrogen-bond acceptors (Lipinski definition) is 7. The summed E-state index contributed by atoms with van der Waals surface area (Å²) < 4.78 is 18.6. The first kappa shape index (κ1) is 17.8. The summed E-state index contributed by atoms with van der Waals surface area (Å²) in [4.78, 5) is 26.8. The van der Waals surface area contributed by atoms with Gasteiger partial charge in [0.1, 0.15) is 5.82 Å². The predicted octanol–water partition coefficient (Wildman–Crippen LogP) is 1.72. The molecule has 0 radical (unpaired) electrons. The maximum Gasteiger partial charge on any atom is 0.223 e. The molecule has 2 aromatic rings. The number of carbonyl (C=O) groups excluding carboxylic acids is 1. The first-order valence-electron chi connectivity index (χ1n) is 8.07. The first-order valence-corrected chi connectivity index (χ1v) is 8.89. The number of ether oxygens (including phenoxy) is 1. The van der Waals surface area contributed by atoms with Gasteiger partial charge in [-0.05, 0) is 0 Å². The molecule has 1 saturated heterocycles. The summed E-state index contributed by atoms with van der Waals surface area (Å²) in [5, 5.41) is 3.31. The predicted molar refractivity (Wildman–Crippen MR) is 91.7 cm³/mol. The maximum atomic E-state index is 12.9. The Labute approximate surface area is 149 Å². The van der Waals surface area contributed by atoms with Crippen LogP contribution in [0.1, 0.15) is 17.6 Å². The number of amides is 1. The smallest absolute Gasteiger partial charge is 0.223 e. The third-order valence-electron chi connectivity index (χ3n) is 3.78. The van der Waals surface area contributed by atoms with Crippen molar-refractivity contribution in [3.05, 3.63) is 35.1 Å². The molecule has 25 heavy (non-hydrogen) atoms. The van der Waals surface area contributed by atoms with Gasteiger partial charge in [0.05, 0.1) is 25.6 Å². The fraction of sp³-hybridized carbons (Fsp3) is 0.500. The Morgan fingerprint density at radius 2 is 2.20 bits per heavy atom. The molecule has 0 spiro atoms. The van der Waals surface area contributed by atoms with Crippen molar-refractivity contribution in [2.24, 2.45) is 5.92 Å². The number of rotatable bonds is 5. The standard InChI is InChI=1S/C16H20FN5O2S/c1-11(23)21-16-20-7-14(25-16)9-22-2-3-24-10-12(8-22)4-15-18-5-13(17)6-19-15/h5-7,12H,2-4,8-10H2,1H3,(H,20,21,23)/t12-/m0/s1. The average molecular weight is 365 g/mol. The van der Waals surface area contributed by atoms with Gasteiger partial charge in [0.2, 0.25) is 5.91 Å². The van der Waals surface area contributed by atoms with Crippen LogP contribution in [-0.2, 0) is 22.5 Å². The summed E-state index contributed by atoms with van der Waals surface area (Å²) in [6.45, 7) is 5.19. The van der Waals surface area contributed by atoms with Gasteiger partial charge < -0.3 is 10.1 Å². The van der Waals surface area contributed by atoms with Crippen molar-refractivity contribution in [1.29, 1.82) is 0 Å². The highest BCUT2D eigenvalue weighted by atomic mass is 32.1. The molecule has 0 saturated carbocycles. The van der Waals surface area contributed by atoms with Crippen molar-refractivity contribution in [1.82, 2.24) is 19.9 Å². The maximum absolute atomic E-state index is 12.9. The average Bonchev–Trinajstić information content (AvgIpc) is 2.87. The highest BCUT2D eigenvalue weighted by molar-refractivity contribution is 7.15. The van der Waals surface area contributed by atoms with Gasteiger partial charge in [-0.15, -0.1) is 11.3 Å². The molecular formula is C16H20FN5O2S. The van der Waals surface area contributed by atoms with Gasteiger partial charge in [-0.3, -0.25) is 9.69 Å². The summed E-state index contributed by atoms with van der Waals surface area (Å²) in [6, 6.07) is 0. The van der Waals surface area contributed by atoms with Crippen LogP contribution in [0, 0.1) is 11.7 Å². The van der Waals surface area contributed by atoms with E-state index in [0.29, 0.717) is 30.6 Å². The van der Waals surface area contributed by atoms with E-state index in [9.17, 15) is 9.18 Å². The van der Waals surface area contributed by atoms with E-state index in [1.165, 1.54) is 30.7 Å². The van der Waals surface area contributed by atoms with Crippen molar-refractivity contribution in [2.45, 2.75) is 19.9 Å². The van der Waals surface area contributed by atoms with Crippen LogP contribution in [0.25, 0.3) is 0 Å². The van der Waals surface area contributed by atoms with E-state index in [4.69, 9.17) is 4.74 Å². The van der Waals surface area contributed by atoms with Gasteiger partial charge in [-0.2, -0.15) is 0 Å².